The second-order valence-electron chi connectivity index (χ2n) is 8.90. The molecule has 0 amide bonds. The largest absolute Gasteiger partial charge is 0.395 e. The van der Waals surface area contributed by atoms with Gasteiger partial charge in [0.25, 0.3) is 0 Å². The Morgan fingerprint density at radius 2 is 2.08 bits per heavy atom. The van der Waals surface area contributed by atoms with E-state index in [1.807, 2.05) is 0 Å². The van der Waals surface area contributed by atoms with E-state index in [2.05, 4.69) is 38.1 Å². The highest BCUT2D eigenvalue weighted by Gasteiger charge is 2.33. The maximum absolute atomic E-state index is 9.47. The molecule has 144 valence electrons. The Morgan fingerprint density at radius 3 is 2.85 bits per heavy atom. The first-order valence-electron chi connectivity index (χ1n) is 10.7. The maximum Gasteiger partial charge on any atom is 0.0585 e. The van der Waals surface area contributed by atoms with Crippen LogP contribution in [-0.2, 0) is 12.8 Å². The van der Waals surface area contributed by atoms with Gasteiger partial charge >= 0.3 is 0 Å². The molecule has 2 nitrogen and oxygen atoms in total. The quantitative estimate of drug-likeness (QED) is 0.526. The van der Waals surface area contributed by atoms with Crippen molar-refractivity contribution in [1.29, 1.82) is 0 Å². The molecule has 0 aromatic heterocycles. The van der Waals surface area contributed by atoms with Gasteiger partial charge in [-0.05, 0) is 99.7 Å². The van der Waals surface area contributed by atoms with Gasteiger partial charge in [0, 0.05) is 6.04 Å². The molecule has 1 fully saturated rings. The summed E-state index contributed by atoms with van der Waals surface area (Å²) < 4.78 is 0. The molecule has 1 aromatic rings. The predicted octanol–water partition coefficient (Wildman–Crippen LogP) is 5.13. The number of benzene rings is 1. The normalized spacial score (nSPS) is 26.4. The lowest BCUT2D eigenvalue weighted by Gasteiger charge is -2.28. The van der Waals surface area contributed by atoms with Gasteiger partial charge in [-0.25, -0.2) is 0 Å². The van der Waals surface area contributed by atoms with Crippen LogP contribution < -0.4 is 5.73 Å². The number of hydrogen-bond donors (Lipinski definition) is 2. The van der Waals surface area contributed by atoms with Crippen molar-refractivity contribution in [3.8, 4) is 0 Å². The van der Waals surface area contributed by atoms with Gasteiger partial charge in [-0.1, -0.05) is 36.3 Å². The average molecular weight is 356 g/mol. The molecular formula is C24H37NO. The first-order valence-corrected chi connectivity index (χ1v) is 10.7. The molecular weight excluding hydrogens is 318 g/mol. The fourth-order valence-electron chi connectivity index (χ4n) is 5.18. The van der Waals surface area contributed by atoms with E-state index in [9.17, 15) is 5.11 Å². The number of nitrogens with two attached hydrogens (primary N) is 1. The Balaban J connectivity index is 1.61. The van der Waals surface area contributed by atoms with Gasteiger partial charge in [0.1, 0.15) is 0 Å². The third-order valence-corrected chi connectivity index (χ3v) is 6.69. The van der Waals surface area contributed by atoms with Crippen LogP contribution in [0.2, 0.25) is 0 Å². The third kappa shape index (κ3) is 4.78. The molecule has 3 N–H and O–H groups in total. The van der Waals surface area contributed by atoms with Crippen LogP contribution >= 0.6 is 0 Å². The van der Waals surface area contributed by atoms with Crippen molar-refractivity contribution >= 4 is 0 Å². The van der Waals surface area contributed by atoms with Crippen molar-refractivity contribution < 1.29 is 5.11 Å². The summed E-state index contributed by atoms with van der Waals surface area (Å²) in [7, 11) is 0. The SMILES string of the molecule is CC(C)=CCCC[C@@H]1CCc2cc([C@H]3CCCC3C(N)CO)ccc2C1. The van der Waals surface area contributed by atoms with Crippen molar-refractivity contribution in [1.82, 2.24) is 0 Å². The molecule has 2 aliphatic rings. The van der Waals surface area contributed by atoms with E-state index in [0.717, 1.165) is 12.3 Å². The molecule has 0 spiro atoms. The number of rotatable bonds is 7. The Kier molecular flexibility index (Phi) is 6.94. The minimum Gasteiger partial charge on any atom is -0.395 e. The standard InChI is InChI=1S/C24H37NO/c1-17(2)6-3-4-7-18-10-11-20-15-21(13-12-19(20)14-18)22-8-5-9-23(22)24(25)16-26/h6,12-13,15,18,22-24,26H,3-5,7-11,14,16,25H2,1-2H3/t18-,22-,23?,24?/m1/s1. The minimum absolute atomic E-state index is 0.0660. The minimum atomic E-state index is -0.0660. The summed E-state index contributed by atoms with van der Waals surface area (Å²) in [6, 6.07) is 7.16. The van der Waals surface area contributed by atoms with Gasteiger partial charge in [-0.2, -0.15) is 0 Å². The van der Waals surface area contributed by atoms with Gasteiger partial charge in [0.05, 0.1) is 6.61 Å². The second kappa shape index (κ2) is 9.19. The number of aliphatic hydroxyl groups excluding tert-OH is 1. The Morgan fingerprint density at radius 1 is 1.23 bits per heavy atom. The lowest BCUT2D eigenvalue weighted by molar-refractivity contribution is 0.219. The molecule has 1 aromatic carbocycles. The van der Waals surface area contributed by atoms with Crippen LogP contribution in [0.15, 0.2) is 29.8 Å². The zero-order valence-electron chi connectivity index (χ0n) is 16.7. The summed E-state index contributed by atoms with van der Waals surface area (Å²) in [6.45, 7) is 4.49. The van der Waals surface area contributed by atoms with Crippen LogP contribution in [0.25, 0.3) is 0 Å². The van der Waals surface area contributed by atoms with Crippen LogP contribution in [0.1, 0.15) is 81.4 Å². The van der Waals surface area contributed by atoms with E-state index in [4.69, 9.17) is 5.73 Å². The lowest BCUT2D eigenvalue weighted by atomic mass is 9.78. The summed E-state index contributed by atoms with van der Waals surface area (Å²) in [4.78, 5) is 0. The fourth-order valence-corrected chi connectivity index (χ4v) is 5.18. The summed E-state index contributed by atoms with van der Waals surface area (Å²) >= 11 is 0. The van der Waals surface area contributed by atoms with E-state index in [1.54, 1.807) is 11.1 Å². The van der Waals surface area contributed by atoms with Gasteiger partial charge in [-0.3, -0.25) is 0 Å². The molecule has 0 bridgehead atoms. The topological polar surface area (TPSA) is 46.2 Å². The number of hydrogen-bond acceptors (Lipinski definition) is 2. The Bertz CT molecular complexity index is 617. The van der Waals surface area contributed by atoms with Crippen LogP contribution in [0.4, 0.5) is 0 Å². The third-order valence-electron chi connectivity index (χ3n) is 6.69. The smallest absolute Gasteiger partial charge is 0.0585 e. The van der Waals surface area contributed by atoms with Crippen molar-refractivity contribution in [3.05, 3.63) is 46.5 Å². The Hall–Kier alpha value is -1.12. The molecule has 0 radical (unpaired) electrons. The van der Waals surface area contributed by atoms with E-state index in [0.29, 0.717) is 11.8 Å². The van der Waals surface area contributed by atoms with E-state index < -0.39 is 0 Å². The molecule has 26 heavy (non-hydrogen) atoms. The van der Waals surface area contributed by atoms with E-state index in [1.165, 1.54) is 62.5 Å². The van der Waals surface area contributed by atoms with Crippen molar-refractivity contribution in [2.45, 2.75) is 83.6 Å². The number of allylic oxidation sites excluding steroid dienone is 2. The molecule has 3 rings (SSSR count). The van der Waals surface area contributed by atoms with Crippen LogP contribution in [-0.4, -0.2) is 17.8 Å². The number of aryl methyl sites for hydroxylation is 1. The summed E-state index contributed by atoms with van der Waals surface area (Å²) in [6.07, 6.45) is 13.8. The Labute approximate surface area is 159 Å². The molecule has 2 aliphatic carbocycles. The van der Waals surface area contributed by atoms with Gasteiger partial charge in [0.2, 0.25) is 0 Å². The highest BCUT2D eigenvalue weighted by atomic mass is 16.3. The molecule has 0 aliphatic heterocycles. The molecule has 2 unspecified atom stereocenters. The molecule has 4 atom stereocenters. The number of aliphatic hydroxyl groups is 1. The number of fused-ring (bicyclic) bond motifs is 1. The molecule has 0 saturated heterocycles. The fraction of sp³-hybridized carbons (Fsp3) is 0.667. The van der Waals surface area contributed by atoms with Crippen LogP contribution in [0, 0.1) is 11.8 Å². The van der Waals surface area contributed by atoms with Crippen LogP contribution in [0.3, 0.4) is 0 Å². The maximum atomic E-state index is 9.47. The molecule has 0 heterocycles. The summed E-state index contributed by atoms with van der Waals surface area (Å²) in [5, 5.41) is 9.47. The lowest BCUT2D eigenvalue weighted by Crippen LogP contribution is -2.35. The van der Waals surface area contributed by atoms with Gasteiger partial charge in [-0.15, -0.1) is 0 Å². The highest BCUT2D eigenvalue weighted by Crippen LogP contribution is 2.42. The van der Waals surface area contributed by atoms with Gasteiger partial charge < -0.3 is 10.8 Å². The molecule has 2 heteroatoms. The van der Waals surface area contributed by atoms with E-state index >= 15 is 0 Å². The highest BCUT2D eigenvalue weighted by molar-refractivity contribution is 5.36. The average Bonchev–Trinajstić information content (AvgIpc) is 3.13. The summed E-state index contributed by atoms with van der Waals surface area (Å²) in [5.41, 5.74) is 12.2. The molecule has 1 saturated carbocycles. The summed E-state index contributed by atoms with van der Waals surface area (Å²) in [5.74, 6) is 1.86. The zero-order chi connectivity index (χ0) is 18.5. The van der Waals surface area contributed by atoms with Gasteiger partial charge in [0.15, 0.2) is 0 Å². The van der Waals surface area contributed by atoms with Crippen LogP contribution in [0.5, 0.6) is 0 Å². The second-order valence-corrected chi connectivity index (χ2v) is 8.90. The monoisotopic (exact) mass is 355 g/mol. The first kappa shape index (κ1) is 19.6. The first-order chi connectivity index (χ1) is 12.6. The van der Waals surface area contributed by atoms with Crippen molar-refractivity contribution in [2.75, 3.05) is 6.61 Å². The predicted molar refractivity (Wildman–Crippen MR) is 110 cm³/mol. The van der Waals surface area contributed by atoms with E-state index in [-0.39, 0.29) is 12.6 Å². The van der Waals surface area contributed by atoms with Crippen molar-refractivity contribution in [3.63, 3.8) is 0 Å². The number of unbranched alkanes of at least 4 members (excludes halogenated alkanes) is 1. The zero-order valence-corrected chi connectivity index (χ0v) is 16.7. The van der Waals surface area contributed by atoms with Crippen molar-refractivity contribution in [2.24, 2.45) is 17.6 Å².